The Balaban J connectivity index is 1.34. The first kappa shape index (κ1) is 23.1. The van der Waals surface area contributed by atoms with Gasteiger partial charge in [-0.25, -0.2) is 0 Å². The highest BCUT2D eigenvalue weighted by Gasteiger charge is 2.29. The van der Waals surface area contributed by atoms with Crippen LogP contribution < -0.4 is 4.74 Å². The van der Waals surface area contributed by atoms with Crippen LogP contribution >= 0.6 is 0 Å². The molecular formula is C22H29F3O5. The molecule has 0 radical (unpaired) electrons. The SMILES string of the molecule is CCC=C[C@H]1CO[C@H](CC[C@H]2CO[C@H](c3ccc(OCC(F)(F)F)cc3)OC2)OC1. The van der Waals surface area contributed by atoms with Crippen molar-refractivity contribution in [3.8, 4) is 5.75 Å². The van der Waals surface area contributed by atoms with Crippen LogP contribution in [0.5, 0.6) is 5.75 Å². The second kappa shape index (κ2) is 11.1. The molecule has 2 heterocycles. The van der Waals surface area contributed by atoms with Crippen molar-refractivity contribution in [3.05, 3.63) is 42.0 Å². The number of allylic oxidation sites excluding steroid dienone is 1. The number of halogens is 3. The Bertz CT molecular complexity index is 646. The Hall–Kier alpha value is -1.61. The minimum absolute atomic E-state index is 0.157. The Morgan fingerprint density at radius 3 is 2.23 bits per heavy atom. The second-order valence-electron chi connectivity index (χ2n) is 7.61. The van der Waals surface area contributed by atoms with Gasteiger partial charge in [0.1, 0.15) is 5.75 Å². The number of rotatable bonds is 8. The Kier molecular flexibility index (Phi) is 8.56. The molecule has 2 saturated heterocycles. The van der Waals surface area contributed by atoms with Crippen LogP contribution in [0.3, 0.4) is 0 Å². The Labute approximate surface area is 175 Å². The summed E-state index contributed by atoms with van der Waals surface area (Å²) in [5.74, 6) is 0.735. The number of alkyl halides is 3. The van der Waals surface area contributed by atoms with Crippen LogP contribution in [0.1, 0.15) is 38.0 Å². The van der Waals surface area contributed by atoms with E-state index in [1.807, 2.05) is 0 Å². The van der Waals surface area contributed by atoms with Crippen molar-refractivity contribution in [3.63, 3.8) is 0 Å². The highest BCUT2D eigenvalue weighted by molar-refractivity contribution is 5.28. The predicted octanol–water partition coefficient (Wildman–Crippen LogP) is 5.02. The molecule has 2 fully saturated rings. The first-order chi connectivity index (χ1) is 14.4. The molecule has 0 amide bonds. The molecular weight excluding hydrogens is 401 g/mol. The van der Waals surface area contributed by atoms with Crippen LogP contribution in [0.25, 0.3) is 0 Å². The molecule has 2 aliphatic rings. The average Bonchev–Trinajstić information content (AvgIpc) is 2.76. The van der Waals surface area contributed by atoms with Crippen LogP contribution in [-0.4, -0.2) is 45.5 Å². The van der Waals surface area contributed by atoms with Crippen molar-refractivity contribution >= 4 is 0 Å². The molecule has 1 aromatic carbocycles. The molecule has 2 aliphatic heterocycles. The monoisotopic (exact) mass is 430 g/mol. The lowest BCUT2D eigenvalue weighted by Gasteiger charge is -2.32. The normalized spacial score (nSPS) is 28.0. The van der Waals surface area contributed by atoms with E-state index in [0.29, 0.717) is 32.3 Å². The maximum atomic E-state index is 12.2. The van der Waals surface area contributed by atoms with Gasteiger partial charge in [0, 0.05) is 17.4 Å². The first-order valence-corrected chi connectivity index (χ1v) is 10.4. The van der Waals surface area contributed by atoms with Crippen molar-refractivity contribution in [1.29, 1.82) is 0 Å². The third-order valence-corrected chi connectivity index (χ3v) is 4.97. The van der Waals surface area contributed by atoms with Gasteiger partial charge in [-0.2, -0.15) is 13.2 Å². The largest absolute Gasteiger partial charge is 0.484 e. The molecule has 0 aromatic heterocycles. The van der Waals surface area contributed by atoms with Crippen LogP contribution in [0.15, 0.2) is 36.4 Å². The van der Waals surface area contributed by atoms with E-state index >= 15 is 0 Å². The molecule has 30 heavy (non-hydrogen) atoms. The molecule has 0 aliphatic carbocycles. The lowest BCUT2D eigenvalue weighted by atomic mass is 10.0. The molecule has 0 atom stereocenters. The van der Waals surface area contributed by atoms with E-state index in [1.165, 1.54) is 12.1 Å². The van der Waals surface area contributed by atoms with E-state index < -0.39 is 19.1 Å². The van der Waals surface area contributed by atoms with E-state index in [2.05, 4.69) is 19.1 Å². The quantitative estimate of drug-likeness (QED) is 0.542. The molecule has 0 unspecified atom stereocenters. The summed E-state index contributed by atoms with van der Waals surface area (Å²) >= 11 is 0. The lowest BCUT2D eigenvalue weighted by Crippen LogP contribution is -2.33. The second-order valence-corrected chi connectivity index (χ2v) is 7.61. The highest BCUT2D eigenvalue weighted by atomic mass is 19.4. The van der Waals surface area contributed by atoms with E-state index in [9.17, 15) is 13.2 Å². The van der Waals surface area contributed by atoms with Gasteiger partial charge in [-0.15, -0.1) is 0 Å². The third kappa shape index (κ3) is 7.58. The van der Waals surface area contributed by atoms with E-state index in [0.717, 1.165) is 24.8 Å². The Morgan fingerprint density at radius 1 is 0.967 bits per heavy atom. The van der Waals surface area contributed by atoms with Gasteiger partial charge in [0.25, 0.3) is 0 Å². The molecule has 0 saturated carbocycles. The van der Waals surface area contributed by atoms with E-state index in [1.54, 1.807) is 12.1 Å². The number of benzene rings is 1. The molecule has 0 N–H and O–H groups in total. The van der Waals surface area contributed by atoms with E-state index in [4.69, 9.17) is 23.7 Å². The third-order valence-electron chi connectivity index (χ3n) is 4.97. The van der Waals surface area contributed by atoms with Gasteiger partial charge in [0.15, 0.2) is 19.2 Å². The van der Waals surface area contributed by atoms with Gasteiger partial charge < -0.3 is 23.7 Å². The topological polar surface area (TPSA) is 46.2 Å². The van der Waals surface area contributed by atoms with Crippen LogP contribution in [0.2, 0.25) is 0 Å². The van der Waals surface area contributed by atoms with Crippen molar-refractivity contribution in [2.24, 2.45) is 11.8 Å². The van der Waals surface area contributed by atoms with Crippen molar-refractivity contribution < 1.29 is 36.9 Å². The van der Waals surface area contributed by atoms with Gasteiger partial charge in [0.2, 0.25) is 0 Å². The van der Waals surface area contributed by atoms with Gasteiger partial charge in [0.05, 0.1) is 26.4 Å². The smallest absolute Gasteiger partial charge is 0.422 e. The van der Waals surface area contributed by atoms with Gasteiger partial charge in [-0.05, 0) is 31.4 Å². The Morgan fingerprint density at radius 2 is 1.63 bits per heavy atom. The fourth-order valence-corrected chi connectivity index (χ4v) is 3.32. The summed E-state index contributed by atoms with van der Waals surface area (Å²) in [5.41, 5.74) is 0.748. The number of ether oxygens (including phenoxy) is 5. The fraction of sp³-hybridized carbons (Fsp3) is 0.636. The van der Waals surface area contributed by atoms with Gasteiger partial charge >= 0.3 is 6.18 Å². The van der Waals surface area contributed by atoms with E-state index in [-0.39, 0.29) is 18.0 Å². The minimum Gasteiger partial charge on any atom is -0.484 e. The molecule has 3 rings (SSSR count). The molecule has 0 spiro atoms. The van der Waals surface area contributed by atoms with Gasteiger partial charge in [-0.3, -0.25) is 0 Å². The van der Waals surface area contributed by atoms with Crippen LogP contribution in [0.4, 0.5) is 13.2 Å². The van der Waals surface area contributed by atoms with Crippen molar-refractivity contribution in [2.75, 3.05) is 33.0 Å². The predicted molar refractivity (Wildman–Crippen MR) is 104 cm³/mol. The maximum Gasteiger partial charge on any atom is 0.422 e. The zero-order chi connectivity index (χ0) is 21.4. The summed E-state index contributed by atoms with van der Waals surface area (Å²) in [6.07, 6.45) is 1.89. The minimum atomic E-state index is -4.36. The van der Waals surface area contributed by atoms with Crippen LogP contribution in [0, 0.1) is 11.8 Å². The molecule has 8 heteroatoms. The van der Waals surface area contributed by atoms with Crippen LogP contribution in [-0.2, 0) is 18.9 Å². The standard InChI is InChI=1S/C22H29F3O5/c1-2-3-4-16-11-26-20(27-12-16)10-5-17-13-28-21(29-14-17)18-6-8-19(9-7-18)30-15-22(23,24)25/h3-4,6-9,16-17,20-21H,2,5,10-15H2,1H3/t16-,17-,20-,21-. The maximum absolute atomic E-state index is 12.2. The summed E-state index contributed by atoms with van der Waals surface area (Å²) in [6, 6.07) is 6.29. The molecule has 168 valence electrons. The number of hydrogen-bond acceptors (Lipinski definition) is 5. The summed E-state index contributed by atoms with van der Waals surface area (Å²) in [5, 5.41) is 0. The summed E-state index contributed by atoms with van der Waals surface area (Å²) < 4.78 is 64.5. The highest BCUT2D eigenvalue weighted by Crippen LogP contribution is 2.29. The lowest BCUT2D eigenvalue weighted by molar-refractivity contribution is -0.217. The average molecular weight is 430 g/mol. The molecule has 5 nitrogen and oxygen atoms in total. The fourth-order valence-electron chi connectivity index (χ4n) is 3.32. The summed E-state index contributed by atoms with van der Waals surface area (Å²) in [4.78, 5) is 0. The summed E-state index contributed by atoms with van der Waals surface area (Å²) in [6.45, 7) is 3.25. The molecule has 1 aromatic rings. The van der Waals surface area contributed by atoms with Crippen molar-refractivity contribution in [1.82, 2.24) is 0 Å². The van der Waals surface area contributed by atoms with Gasteiger partial charge in [-0.1, -0.05) is 31.2 Å². The number of hydrogen-bond donors (Lipinski definition) is 0. The zero-order valence-corrected chi connectivity index (χ0v) is 17.1. The van der Waals surface area contributed by atoms with Crippen molar-refractivity contribution in [2.45, 2.75) is 44.9 Å². The summed E-state index contributed by atoms with van der Waals surface area (Å²) in [7, 11) is 0. The zero-order valence-electron chi connectivity index (χ0n) is 17.1. The molecule has 0 bridgehead atoms. The first-order valence-electron chi connectivity index (χ1n) is 10.4.